The van der Waals surface area contributed by atoms with Gasteiger partial charge in [0.2, 0.25) is 0 Å². The zero-order chi connectivity index (χ0) is 26.4. The Kier molecular flexibility index (Phi) is 6.63. The monoisotopic (exact) mass is 554 g/mol. The molecule has 0 unspecified atom stereocenters. The van der Waals surface area contributed by atoms with Gasteiger partial charge < -0.3 is 19.7 Å². The molecule has 1 N–H and O–H groups in total. The first-order valence-electron chi connectivity index (χ1n) is 12.4. The first kappa shape index (κ1) is 25.0. The van der Waals surface area contributed by atoms with Crippen LogP contribution in [0.25, 0.3) is 16.8 Å². The summed E-state index contributed by atoms with van der Waals surface area (Å²) in [5.74, 6) is 0.0591. The largest absolute Gasteiger partial charge is 0.493 e. The van der Waals surface area contributed by atoms with Crippen molar-refractivity contribution in [1.29, 1.82) is 0 Å². The van der Waals surface area contributed by atoms with Crippen LogP contribution in [-0.4, -0.2) is 48.4 Å². The quantitative estimate of drug-likeness (QED) is 0.321. The number of nitrogens with one attached hydrogen (secondary N) is 1. The molecule has 2 aliphatic heterocycles. The maximum Gasteiger partial charge on any atom is 0.255 e. The summed E-state index contributed by atoms with van der Waals surface area (Å²) in [6.45, 7) is 4.74. The van der Waals surface area contributed by atoms with Crippen LogP contribution in [0.15, 0.2) is 48.7 Å². The lowest BCUT2D eigenvalue weighted by molar-refractivity contribution is 0.0923. The third-order valence-corrected chi connectivity index (χ3v) is 7.85. The van der Waals surface area contributed by atoms with Crippen molar-refractivity contribution in [2.24, 2.45) is 0 Å². The Morgan fingerprint density at radius 2 is 1.92 bits per heavy atom. The van der Waals surface area contributed by atoms with Gasteiger partial charge in [-0.2, -0.15) is 5.10 Å². The molecule has 7 nitrogen and oxygen atoms in total. The Morgan fingerprint density at radius 1 is 1.13 bits per heavy atom. The molecule has 196 valence electrons. The molecule has 2 aromatic carbocycles. The molecule has 0 spiro atoms. The number of aromatic nitrogens is 2. The fraction of sp³-hybridized carbons (Fsp3) is 0.286. The summed E-state index contributed by atoms with van der Waals surface area (Å²) in [4.78, 5) is 15.9. The van der Waals surface area contributed by atoms with Crippen LogP contribution in [0.3, 0.4) is 0 Å². The van der Waals surface area contributed by atoms with Crippen molar-refractivity contribution < 1.29 is 18.7 Å². The Balaban J connectivity index is 1.47. The number of anilines is 1. The van der Waals surface area contributed by atoms with Gasteiger partial charge in [0.25, 0.3) is 5.91 Å². The third-order valence-electron chi connectivity index (χ3n) is 7.05. The summed E-state index contributed by atoms with van der Waals surface area (Å²) in [7, 11) is 0. The highest BCUT2D eigenvalue weighted by Crippen LogP contribution is 2.40. The Hall–Kier alpha value is -3.33. The molecule has 2 aliphatic rings. The highest BCUT2D eigenvalue weighted by atomic mass is 35.5. The predicted molar refractivity (Wildman–Crippen MR) is 145 cm³/mol. The van der Waals surface area contributed by atoms with E-state index in [2.05, 4.69) is 15.3 Å². The molecule has 1 amide bonds. The molecule has 1 atom stereocenters. The SMILES string of the molecule is Cc1cc2c(N3CCOCC3)c(C(=O)N[C@H]3CCOc4ccccc43)cnn2c1-c1cc(F)cc(Cl)c1Cl. The van der Waals surface area contributed by atoms with Gasteiger partial charge in [0.1, 0.15) is 11.6 Å². The first-order chi connectivity index (χ1) is 18.4. The molecule has 4 heterocycles. The summed E-state index contributed by atoms with van der Waals surface area (Å²) < 4.78 is 27.4. The lowest BCUT2D eigenvalue weighted by atomic mass is 10.00. The van der Waals surface area contributed by atoms with Crippen LogP contribution in [0.2, 0.25) is 10.0 Å². The molecule has 0 saturated carbocycles. The fourth-order valence-corrected chi connectivity index (χ4v) is 5.70. The second-order valence-corrected chi connectivity index (χ2v) is 10.2. The average molecular weight is 555 g/mol. The van der Waals surface area contributed by atoms with E-state index < -0.39 is 5.82 Å². The zero-order valence-electron chi connectivity index (χ0n) is 20.6. The van der Waals surface area contributed by atoms with Gasteiger partial charge in [-0.1, -0.05) is 41.4 Å². The maximum atomic E-state index is 14.3. The molecule has 4 aromatic rings. The number of para-hydroxylation sites is 1. The van der Waals surface area contributed by atoms with Gasteiger partial charge in [0.05, 0.1) is 64.6 Å². The number of nitrogens with zero attached hydrogens (tertiary/aromatic N) is 3. The van der Waals surface area contributed by atoms with Crippen molar-refractivity contribution in [3.63, 3.8) is 0 Å². The Labute approximate surface area is 229 Å². The van der Waals surface area contributed by atoms with E-state index in [4.69, 9.17) is 32.7 Å². The number of ether oxygens (including phenoxy) is 2. The van der Waals surface area contributed by atoms with Crippen LogP contribution >= 0.6 is 23.2 Å². The van der Waals surface area contributed by atoms with E-state index in [1.165, 1.54) is 12.1 Å². The van der Waals surface area contributed by atoms with Crippen molar-refractivity contribution in [2.45, 2.75) is 19.4 Å². The molecule has 0 radical (unpaired) electrons. The van der Waals surface area contributed by atoms with E-state index >= 15 is 0 Å². The summed E-state index contributed by atoms with van der Waals surface area (Å²) in [5, 5.41) is 8.20. The number of amides is 1. The minimum absolute atomic E-state index is 0.122. The van der Waals surface area contributed by atoms with E-state index in [0.29, 0.717) is 56.2 Å². The molecule has 1 fully saturated rings. The summed E-state index contributed by atoms with van der Waals surface area (Å²) in [5.41, 5.74) is 4.75. The standard InChI is InChI=1S/C28H25Cl2FN4O3/c1-16-12-23-27(34-7-10-37-11-8-34)20(28(36)33-22-6-9-38-24-5-3-2-4-18(22)24)15-32-35(23)26(16)19-13-17(31)14-21(29)25(19)30/h2-5,12-15,22H,6-11H2,1H3,(H,33,36)/t22-/m0/s1. The van der Waals surface area contributed by atoms with Crippen LogP contribution < -0.4 is 15.0 Å². The number of carbonyl (C=O) groups excluding carboxylic acids is 1. The number of aryl methyl sites for hydroxylation is 1. The highest BCUT2D eigenvalue weighted by molar-refractivity contribution is 6.43. The molecule has 0 bridgehead atoms. The average Bonchev–Trinajstić information content (AvgIpc) is 3.26. The van der Waals surface area contributed by atoms with Crippen LogP contribution in [0.5, 0.6) is 5.75 Å². The molecule has 6 rings (SSSR count). The first-order valence-corrected chi connectivity index (χ1v) is 13.2. The molecule has 38 heavy (non-hydrogen) atoms. The number of benzene rings is 2. The van der Waals surface area contributed by atoms with E-state index in [-0.39, 0.29) is 22.0 Å². The van der Waals surface area contributed by atoms with Crippen LogP contribution in [0, 0.1) is 12.7 Å². The number of rotatable bonds is 4. The highest BCUT2D eigenvalue weighted by Gasteiger charge is 2.29. The number of hydrogen-bond acceptors (Lipinski definition) is 5. The van der Waals surface area contributed by atoms with Gasteiger partial charge in [-0.25, -0.2) is 8.91 Å². The van der Waals surface area contributed by atoms with Gasteiger partial charge in [-0.3, -0.25) is 4.79 Å². The number of hydrogen-bond donors (Lipinski definition) is 1. The van der Waals surface area contributed by atoms with E-state index in [1.807, 2.05) is 37.3 Å². The van der Waals surface area contributed by atoms with Crippen molar-refractivity contribution in [2.75, 3.05) is 37.8 Å². The molecular weight excluding hydrogens is 530 g/mol. The third kappa shape index (κ3) is 4.36. The van der Waals surface area contributed by atoms with Gasteiger partial charge >= 0.3 is 0 Å². The lowest BCUT2D eigenvalue weighted by Crippen LogP contribution is -2.39. The minimum Gasteiger partial charge on any atom is -0.493 e. The van der Waals surface area contributed by atoms with Crippen molar-refractivity contribution in [1.82, 2.24) is 14.9 Å². The summed E-state index contributed by atoms with van der Waals surface area (Å²) in [6, 6.07) is 12.0. The summed E-state index contributed by atoms with van der Waals surface area (Å²) in [6.07, 6.45) is 2.23. The number of carbonyl (C=O) groups is 1. The minimum atomic E-state index is -0.495. The van der Waals surface area contributed by atoms with Crippen molar-refractivity contribution in [3.8, 4) is 17.0 Å². The van der Waals surface area contributed by atoms with E-state index in [0.717, 1.165) is 28.1 Å². The van der Waals surface area contributed by atoms with Gasteiger partial charge in [0, 0.05) is 30.6 Å². The van der Waals surface area contributed by atoms with E-state index in [9.17, 15) is 9.18 Å². The number of morpholine rings is 1. The van der Waals surface area contributed by atoms with Crippen LogP contribution in [0.4, 0.5) is 10.1 Å². The normalized spacial score (nSPS) is 17.3. The Morgan fingerprint density at radius 3 is 2.74 bits per heavy atom. The van der Waals surface area contributed by atoms with Gasteiger partial charge in [-0.15, -0.1) is 0 Å². The van der Waals surface area contributed by atoms with Crippen molar-refractivity contribution >= 4 is 40.3 Å². The molecular formula is C28H25Cl2FN4O3. The van der Waals surface area contributed by atoms with Crippen LogP contribution in [0.1, 0.15) is 33.9 Å². The molecule has 2 aromatic heterocycles. The summed E-state index contributed by atoms with van der Waals surface area (Å²) >= 11 is 12.7. The van der Waals surface area contributed by atoms with Crippen molar-refractivity contribution in [3.05, 3.63) is 81.2 Å². The van der Waals surface area contributed by atoms with Crippen LogP contribution in [-0.2, 0) is 4.74 Å². The predicted octanol–water partition coefficient (Wildman–Crippen LogP) is 5.85. The van der Waals surface area contributed by atoms with Gasteiger partial charge in [0.15, 0.2) is 0 Å². The van der Waals surface area contributed by atoms with E-state index in [1.54, 1.807) is 10.7 Å². The second kappa shape index (κ2) is 10.1. The number of fused-ring (bicyclic) bond motifs is 2. The lowest BCUT2D eigenvalue weighted by Gasteiger charge is -2.31. The fourth-order valence-electron chi connectivity index (χ4n) is 5.29. The molecule has 0 aliphatic carbocycles. The smallest absolute Gasteiger partial charge is 0.255 e. The van der Waals surface area contributed by atoms with Gasteiger partial charge in [-0.05, 0) is 36.8 Å². The zero-order valence-corrected chi connectivity index (χ0v) is 22.2. The molecule has 1 saturated heterocycles. The Bertz CT molecular complexity index is 1550. The molecule has 10 heteroatoms. The maximum absolute atomic E-state index is 14.3. The topological polar surface area (TPSA) is 68.1 Å². The number of halogens is 3. The second-order valence-electron chi connectivity index (χ2n) is 9.43.